The van der Waals surface area contributed by atoms with Crippen molar-refractivity contribution in [3.63, 3.8) is 0 Å². The number of para-hydroxylation sites is 1. The molecule has 3 aromatic carbocycles. The van der Waals surface area contributed by atoms with Crippen molar-refractivity contribution >= 4 is 29.2 Å². The highest BCUT2D eigenvalue weighted by atomic mass is 16.5. The molecular formula is C26H26N2O5. The largest absolute Gasteiger partial charge is 0.484 e. The summed E-state index contributed by atoms with van der Waals surface area (Å²) in [5.74, 6) is -0.935. The molecule has 0 saturated heterocycles. The van der Waals surface area contributed by atoms with Gasteiger partial charge in [-0.3, -0.25) is 9.59 Å². The zero-order valence-corrected chi connectivity index (χ0v) is 18.5. The molecule has 7 heteroatoms. The number of hydrogen-bond donors (Lipinski definition) is 3. The van der Waals surface area contributed by atoms with Crippen molar-refractivity contribution in [1.82, 2.24) is 0 Å². The lowest BCUT2D eigenvalue weighted by molar-refractivity contribution is -0.118. The maximum Gasteiger partial charge on any atom is 0.335 e. The minimum atomic E-state index is -1.09. The molecule has 0 saturated carbocycles. The van der Waals surface area contributed by atoms with Crippen LogP contribution in [0.2, 0.25) is 0 Å². The van der Waals surface area contributed by atoms with E-state index in [-0.39, 0.29) is 17.7 Å². The predicted molar refractivity (Wildman–Crippen MR) is 127 cm³/mol. The number of ether oxygens (including phenoxy) is 1. The van der Waals surface area contributed by atoms with Crippen molar-refractivity contribution in [2.75, 3.05) is 17.2 Å². The van der Waals surface area contributed by atoms with Gasteiger partial charge in [0.1, 0.15) is 5.75 Å². The van der Waals surface area contributed by atoms with E-state index in [0.29, 0.717) is 23.0 Å². The number of aromatic carboxylic acids is 1. The van der Waals surface area contributed by atoms with E-state index in [2.05, 4.69) is 24.5 Å². The molecule has 33 heavy (non-hydrogen) atoms. The van der Waals surface area contributed by atoms with E-state index in [4.69, 9.17) is 9.84 Å². The van der Waals surface area contributed by atoms with E-state index in [1.165, 1.54) is 17.7 Å². The van der Waals surface area contributed by atoms with E-state index < -0.39 is 17.8 Å². The van der Waals surface area contributed by atoms with Crippen molar-refractivity contribution in [3.05, 3.63) is 89.5 Å². The maximum absolute atomic E-state index is 12.7. The normalized spacial score (nSPS) is 11.3. The van der Waals surface area contributed by atoms with Crippen LogP contribution in [0.15, 0.2) is 72.8 Å². The predicted octanol–water partition coefficient (Wildman–Crippen LogP) is 5.17. The standard InChI is InChI=1S/C26H26N2O5/c1-3-17(2)18-11-13-21(14-12-18)33-16-24(29)28-23-10-5-4-9-22(23)25(30)27-20-8-6-7-19(15-20)26(31)32/h4-15,17H,3,16H2,1-2H3,(H,27,30)(H,28,29)(H,31,32). The Morgan fingerprint density at radius 2 is 1.67 bits per heavy atom. The van der Waals surface area contributed by atoms with Crippen LogP contribution in [0, 0.1) is 0 Å². The highest BCUT2D eigenvalue weighted by Gasteiger charge is 2.15. The summed E-state index contributed by atoms with van der Waals surface area (Å²) in [6.07, 6.45) is 1.04. The Kier molecular flexibility index (Phi) is 7.81. The van der Waals surface area contributed by atoms with E-state index in [0.717, 1.165) is 6.42 Å². The SMILES string of the molecule is CCC(C)c1ccc(OCC(=O)Nc2ccccc2C(=O)Nc2cccc(C(=O)O)c2)cc1. The molecule has 0 fully saturated rings. The fourth-order valence-corrected chi connectivity index (χ4v) is 3.18. The van der Waals surface area contributed by atoms with Gasteiger partial charge in [0, 0.05) is 5.69 Å². The van der Waals surface area contributed by atoms with Crippen molar-refractivity contribution in [2.45, 2.75) is 26.2 Å². The first kappa shape index (κ1) is 23.5. The summed E-state index contributed by atoms with van der Waals surface area (Å²) >= 11 is 0. The minimum Gasteiger partial charge on any atom is -0.484 e. The van der Waals surface area contributed by atoms with E-state index in [1.54, 1.807) is 36.4 Å². The van der Waals surface area contributed by atoms with Gasteiger partial charge in [-0.2, -0.15) is 0 Å². The average molecular weight is 447 g/mol. The van der Waals surface area contributed by atoms with Crippen LogP contribution >= 0.6 is 0 Å². The van der Waals surface area contributed by atoms with Crippen LogP contribution in [0.25, 0.3) is 0 Å². The minimum absolute atomic E-state index is 0.0590. The van der Waals surface area contributed by atoms with Crippen molar-refractivity contribution in [3.8, 4) is 5.75 Å². The average Bonchev–Trinajstić information content (AvgIpc) is 2.83. The Morgan fingerprint density at radius 3 is 2.36 bits per heavy atom. The van der Waals surface area contributed by atoms with Crippen LogP contribution in [-0.4, -0.2) is 29.5 Å². The number of nitrogens with one attached hydrogen (secondary N) is 2. The lowest BCUT2D eigenvalue weighted by Gasteiger charge is -2.13. The van der Waals surface area contributed by atoms with Crippen LogP contribution in [0.3, 0.4) is 0 Å². The third kappa shape index (κ3) is 6.43. The zero-order chi connectivity index (χ0) is 23.8. The Hall–Kier alpha value is -4.13. The topological polar surface area (TPSA) is 105 Å². The second-order valence-corrected chi connectivity index (χ2v) is 7.60. The van der Waals surface area contributed by atoms with Crippen LogP contribution in [-0.2, 0) is 4.79 Å². The number of hydrogen-bond acceptors (Lipinski definition) is 4. The number of carbonyl (C=O) groups is 3. The third-order valence-electron chi connectivity index (χ3n) is 5.24. The smallest absolute Gasteiger partial charge is 0.335 e. The third-order valence-corrected chi connectivity index (χ3v) is 5.24. The van der Waals surface area contributed by atoms with Crippen molar-refractivity contribution < 1.29 is 24.2 Å². The van der Waals surface area contributed by atoms with Gasteiger partial charge in [0.25, 0.3) is 11.8 Å². The molecule has 3 N–H and O–H groups in total. The van der Waals surface area contributed by atoms with Gasteiger partial charge in [-0.15, -0.1) is 0 Å². The molecule has 0 spiro atoms. The zero-order valence-electron chi connectivity index (χ0n) is 18.5. The molecule has 1 unspecified atom stereocenters. The van der Waals surface area contributed by atoms with E-state index >= 15 is 0 Å². The Labute approximate surface area is 192 Å². The van der Waals surface area contributed by atoms with Crippen LogP contribution < -0.4 is 15.4 Å². The van der Waals surface area contributed by atoms with Gasteiger partial charge in [-0.1, -0.05) is 44.2 Å². The molecule has 170 valence electrons. The van der Waals surface area contributed by atoms with Gasteiger partial charge in [-0.25, -0.2) is 4.79 Å². The molecule has 0 heterocycles. The van der Waals surface area contributed by atoms with Gasteiger partial charge >= 0.3 is 5.97 Å². The number of benzene rings is 3. The monoisotopic (exact) mass is 446 g/mol. The quantitative estimate of drug-likeness (QED) is 0.421. The van der Waals surface area contributed by atoms with Gasteiger partial charge in [0.2, 0.25) is 0 Å². The molecule has 2 amide bonds. The molecule has 0 aliphatic heterocycles. The first-order valence-electron chi connectivity index (χ1n) is 10.6. The number of carboxylic acid groups (broad SMARTS) is 1. The summed E-state index contributed by atoms with van der Waals surface area (Å²) in [6.45, 7) is 4.07. The molecule has 7 nitrogen and oxygen atoms in total. The number of carboxylic acids is 1. The van der Waals surface area contributed by atoms with Gasteiger partial charge in [0.05, 0.1) is 16.8 Å². The summed E-state index contributed by atoms with van der Waals surface area (Å²) in [4.78, 5) is 36.3. The molecule has 0 aliphatic carbocycles. The summed E-state index contributed by atoms with van der Waals surface area (Å²) in [7, 11) is 0. The summed E-state index contributed by atoms with van der Waals surface area (Å²) in [6, 6.07) is 20.1. The summed E-state index contributed by atoms with van der Waals surface area (Å²) < 4.78 is 5.57. The first-order valence-corrected chi connectivity index (χ1v) is 10.6. The second-order valence-electron chi connectivity index (χ2n) is 7.60. The molecule has 3 rings (SSSR count). The van der Waals surface area contributed by atoms with Crippen molar-refractivity contribution in [2.24, 2.45) is 0 Å². The van der Waals surface area contributed by atoms with Crippen LogP contribution in [0.1, 0.15) is 52.5 Å². The fourth-order valence-electron chi connectivity index (χ4n) is 3.18. The maximum atomic E-state index is 12.7. The molecular weight excluding hydrogens is 420 g/mol. The number of amides is 2. The lowest BCUT2D eigenvalue weighted by atomic mass is 9.99. The van der Waals surface area contributed by atoms with Gasteiger partial charge < -0.3 is 20.5 Å². The molecule has 3 aromatic rings. The van der Waals surface area contributed by atoms with Crippen LogP contribution in [0.4, 0.5) is 11.4 Å². The number of carbonyl (C=O) groups excluding carboxylic acids is 2. The highest BCUT2D eigenvalue weighted by Crippen LogP contribution is 2.22. The number of rotatable bonds is 9. The van der Waals surface area contributed by atoms with Gasteiger partial charge in [-0.05, 0) is 60.4 Å². The lowest BCUT2D eigenvalue weighted by Crippen LogP contribution is -2.22. The van der Waals surface area contributed by atoms with Crippen LogP contribution in [0.5, 0.6) is 5.75 Å². The molecule has 0 aliphatic rings. The van der Waals surface area contributed by atoms with E-state index in [1.807, 2.05) is 24.3 Å². The van der Waals surface area contributed by atoms with Gasteiger partial charge in [0.15, 0.2) is 6.61 Å². The molecule has 0 radical (unpaired) electrons. The molecule has 1 atom stereocenters. The molecule has 0 bridgehead atoms. The Balaban J connectivity index is 1.62. The summed E-state index contributed by atoms with van der Waals surface area (Å²) in [5, 5.41) is 14.5. The van der Waals surface area contributed by atoms with E-state index in [9.17, 15) is 14.4 Å². The second kappa shape index (κ2) is 10.9. The fraction of sp³-hybridized carbons (Fsp3) is 0.192. The summed E-state index contributed by atoms with van der Waals surface area (Å²) in [5.41, 5.74) is 2.17. The molecule has 0 aromatic heterocycles. The highest BCUT2D eigenvalue weighted by molar-refractivity contribution is 6.10. The first-order chi connectivity index (χ1) is 15.9. The van der Waals surface area contributed by atoms with Crippen molar-refractivity contribution in [1.29, 1.82) is 0 Å². The number of anilines is 2. The Bertz CT molecular complexity index is 1140. The Morgan fingerprint density at radius 1 is 0.939 bits per heavy atom.